The molecule has 0 aliphatic rings. The summed E-state index contributed by atoms with van der Waals surface area (Å²) in [6.45, 7) is 3.82. The van der Waals surface area contributed by atoms with E-state index in [9.17, 15) is 8.42 Å². The monoisotopic (exact) mass is 306 g/mol. The van der Waals surface area contributed by atoms with Crippen LogP contribution in [0.15, 0.2) is 42.5 Å². The number of hydrogen-bond donors (Lipinski definition) is 2. The molecule has 0 saturated heterocycles. The number of rotatable bonds is 8. The highest BCUT2D eigenvalue weighted by atomic mass is 32.2. The van der Waals surface area contributed by atoms with E-state index in [0.717, 1.165) is 30.3 Å². The molecular formula is C16H22N2O2S. The molecule has 0 fully saturated rings. The number of nitrogens with one attached hydrogen (secondary N) is 2. The van der Waals surface area contributed by atoms with Crippen molar-refractivity contribution in [2.45, 2.75) is 19.8 Å². The fourth-order valence-corrected chi connectivity index (χ4v) is 3.37. The Kier molecular flexibility index (Phi) is 5.59. The van der Waals surface area contributed by atoms with Crippen LogP contribution in [0.25, 0.3) is 10.8 Å². The molecular weight excluding hydrogens is 284 g/mol. The van der Waals surface area contributed by atoms with Gasteiger partial charge in [-0.3, -0.25) is 4.72 Å². The predicted molar refractivity (Wildman–Crippen MR) is 89.1 cm³/mol. The van der Waals surface area contributed by atoms with E-state index in [2.05, 4.69) is 10.0 Å². The first-order chi connectivity index (χ1) is 10.1. The molecule has 2 rings (SSSR count). The first kappa shape index (κ1) is 15.8. The molecule has 0 heterocycles. The van der Waals surface area contributed by atoms with E-state index >= 15 is 0 Å². The van der Waals surface area contributed by atoms with E-state index in [1.807, 2.05) is 43.3 Å². The minimum atomic E-state index is -3.27. The molecule has 0 atom stereocenters. The molecule has 114 valence electrons. The fourth-order valence-electron chi connectivity index (χ4n) is 2.20. The Labute approximate surface area is 126 Å². The molecule has 0 bridgehead atoms. The molecule has 21 heavy (non-hydrogen) atoms. The summed E-state index contributed by atoms with van der Waals surface area (Å²) in [5.74, 6) is 0.158. The van der Waals surface area contributed by atoms with Crippen LogP contribution in [0, 0.1) is 0 Å². The van der Waals surface area contributed by atoms with Crippen LogP contribution in [0.5, 0.6) is 0 Å². The highest BCUT2D eigenvalue weighted by Gasteiger charge is 2.10. The van der Waals surface area contributed by atoms with Gasteiger partial charge < -0.3 is 5.32 Å². The van der Waals surface area contributed by atoms with E-state index in [1.54, 1.807) is 6.07 Å². The van der Waals surface area contributed by atoms with Crippen LogP contribution in [0.2, 0.25) is 0 Å². The van der Waals surface area contributed by atoms with Gasteiger partial charge in [-0.2, -0.15) is 0 Å². The maximum absolute atomic E-state index is 12.0. The SMILES string of the molecule is CCNCCCCS(=O)(=O)Nc1ccc2ccccc2c1. The van der Waals surface area contributed by atoms with Crippen molar-refractivity contribution in [3.8, 4) is 0 Å². The van der Waals surface area contributed by atoms with Crippen LogP contribution in [-0.2, 0) is 10.0 Å². The fraction of sp³-hybridized carbons (Fsp3) is 0.375. The van der Waals surface area contributed by atoms with Crippen LogP contribution in [0.1, 0.15) is 19.8 Å². The predicted octanol–water partition coefficient (Wildman–Crippen LogP) is 2.97. The number of unbranched alkanes of at least 4 members (excludes halogenated alkanes) is 1. The van der Waals surface area contributed by atoms with Crippen molar-refractivity contribution in [1.82, 2.24) is 5.32 Å². The Morgan fingerprint density at radius 2 is 1.76 bits per heavy atom. The summed E-state index contributed by atoms with van der Waals surface area (Å²) in [5.41, 5.74) is 0.625. The number of benzene rings is 2. The van der Waals surface area contributed by atoms with Crippen LogP contribution < -0.4 is 10.0 Å². The standard InChI is InChI=1S/C16H22N2O2S/c1-2-17-11-5-6-12-21(19,20)18-16-10-9-14-7-3-4-8-15(14)13-16/h3-4,7-10,13,17-18H,2,5-6,11-12H2,1H3. The Balaban J connectivity index is 1.95. The molecule has 2 aromatic carbocycles. The lowest BCUT2D eigenvalue weighted by Crippen LogP contribution is -2.19. The summed E-state index contributed by atoms with van der Waals surface area (Å²) in [5, 5.41) is 5.32. The molecule has 0 aliphatic heterocycles. The summed E-state index contributed by atoms with van der Waals surface area (Å²) < 4.78 is 26.7. The zero-order valence-corrected chi connectivity index (χ0v) is 13.1. The Morgan fingerprint density at radius 1 is 1.00 bits per heavy atom. The number of sulfonamides is 1. The van der Waals surface area contributed by atoms with Gasteiger partial charge in [0.2, 0.25) is 10.0 Å². The highest BCUT2D eigenvalue weighted by Crippen LogP contribution is 2.19. The molecule has 2 aromatic rings. The zero-order valence-electron chi connectivity index (χ0n) is 12.3. The second kappa shape index (κ2) is 7.43. The van der Waals surface area contributed by atoms with Crippen LogP contribution in [0.3, 0.4) is 0 Å². The lowest BCUT2D eigenvalue weighted by Gasteiger charge is -2.09. The lowest BCUT2D eigenvalue weighted by atomic mass is 10.1. The summed E-state index contributed by atoms with van der Waals surface area (Å²) in [4.78, 5) is 0. The largest absolute Gasteiger partial charge is 0.317 e. The third kappa shape index (κ3) is 5.02. The summed E-state index contributed by atoms with van der Waals surface area (Å²) in [6, 6.07) is 13.5. The summed E-state index contributed by atoms with van der Waals surface area (Å²) in [6.07, 6.45) is 1.53. The average molecular weight is 306 g/mol. The molecule has 0 saturated carbocycles. The first-order valence-corrected chi connectivity index (χ1v) is 8.96. The summed E-state index contributed by atoms with van der Waals surface area (Å²) >= 11 is 0. The normalized spacial score (nSPS) is 11.7. The smallest absolute Gasteiger partial charge is 0.232 e. The van der Waals surface area contributed by atoms with Crippen LogP contribution in [0.4, 0.5) is 5.69 Å². The van der Waals surface area contributed by atoms with Gasteiger partial charge in [0.25, 0.3) is 0 Å². The number of fused-ring (bicyclic) bond motifs is 1. The Morgan fingerprint density at radius 3 is 2.52 bits per heavy atom. The summed E-state index contributed by atoms with van der Waals surface area (Å²) in [7, 11) is -3.27. The van der Waals surface area contributed by atoms with Gasteiger partial charge in [0.05, 0.1) is 5.75 Å². The third-order valence-corrected chi connectivity index (χ3v) is 4.66. The molecule has 2 N–H and O–H groups in total. The molecule has 0 unspecified atom stereocenters. The van der Waals surface area contributed by atoms with Crippen molar-refractivity contribution in [3.05, 3.63) is 42.5 Å². The van der Waals surface area contributed by atoms with Gasteiger partial charge in [0, 0.05) is 5.69 Å². The second-order valence-corrected chi connectivity index (χ2v) is 6.89. The highest BCUT2D eigenvalue weighted by molar-refractivity contribution is 7.92. The van der Waals surface area contributed by atoms with E-state index in [4.69, 9.17) is 0 Å². The molecule has 5 heteroatoms. The topological polar surface area (TPSA) is 58.2 Å². The maximum atomic E-state index is 12.0. The minimum absolute atomic E-state index is 0.158. The van der Waals surface area contributed by atoms with Crippen molar-refractivity contribution in [2.24, 2.45) is 0 Å². The molecule has 4 nitrogen and oxygen atoms in total. The first-order valence-electron chi connectivity index (χ1n) is 7.31. The van der Waals surface area contributed by atoms with Crippen molar-refractivity contribution in [3.63, 3.8) is 0 Å². The number of anilines is 1. The van der Waals surface area contributed by atoms with E-state index in [-0.39, 0.29) is 5.75 Å². The van der Waals surface area contributed by atoms with E-state index < -0.39 is 10.0 Å². The minimum Gasteiger partial charge on any atom is -0.317 e. The number of hydrogen-bond acceptors (Lipinski definition) is 3. The van der Waals surface area contributed by atoms with Crippen molar-refractivity contribution >= 4 is 26.5 Å². The molecule has 0 spiro atoms. The lowest BCUT2D eigenvalue weighted by molar-refractivity contribution is 0.593. The Hall–Kier alpha value is -1.59. The second-order valence-electron chi connectivity index (χ2n) is 5.04. The maximum Gasteiger partial charge on any atom is 0.232 e. The van der Waals surface area contributed by atoms with Gasteiger partial charge in [-0.05, 0) is 48.8 Å². The molecule has 0 radical (unpaired) electrons. The molecule has 0 aromatic heterocycles. The van der Waals surface area contributed by atoms with Gasteiger partial charge in [-0.25, -0.2) is 8.42 Å². The van der Waals surface area contributed by atoms with Gasteiger partial charge in [0.1, 0.15) is 0 Å². The molecule has 0 amide bonds. The van der Waals surface area contributed by atoms with Gasteiger partial charge in [-0.15, -0.1) is 0 Å². The van der Waals surface area contributed by atoms with Crippen LogP contribution >= 0.6 is 0 Å². The zero-order chi connectivity index (χ0) is 15.1. The van der Waals surface area contributed by atoms with Crippen LogP contribution in [-0.4, -0.2) is 27.3 Å². The van der Waals surface area contributed by atoms with Gasteiger partial charge in [-0.1, -0.05) is 37.3 Å². The third-order valence-electron chi connectivity index (χ3n) is 3.29. The van der Waals surface area contributed by atoms with Gasteiger partial charge in [0.15, 0.2) is 0 Å². The van der Waals surface area contributed by atoms with Crippen molar-refractivity contribution in [2.75, 3.05) is 23.6 Å². The molecule has 0 aliphatic carbocycles. The Bertz CT molecular complexity index is 683. The van der Waals surface area contributed by atoms with E-state index in [1.165, 1.54) is 0 Å². The van der Waals surface area contributed by atoms with E-state index in [0.29, 0.717) is 12.1 Å². The van der Waals surface area contributed by atoms with Crippen molar-refractivity contribution < 1.29 is 8.42 Å². The van der Waals surface area contributed by atoms with Gasteiger partial charge >= 0.3 is 0 Å². The quantitative estimate of drug-likeness (QED) is 0.737. The van der Waals surface area contributed by atoms with Crippen molar-refractivity contribution in [1.29, 1.82) is 0 Å². The average Bonchev–Trinajstić information content (AvgIpc) is 2.46.